The summed E-state index contributed by atoms with van der Waals surface area (Å²) in [5.41, 5.74) is 1.43. The minimum atomic E-state index is 0.481. The minimum absolute atomic E-state index is 0.481. The fraction of sp³-hybridized carbons (Fsp3) is 0.786. The highest BCUT2D eigenvalue weighted by Gasteiger charge is 2.39. The molecule has 3 aliphatic heterocycles. The number of hydrogen-bond acceptors (Lipinski definition) is 5. The van der Waals surface area contributed by atoms with Gasteiger partial charge >= 0.3 is 0 Å². The van der Waals surface area contributed by atoms with Crippen molar-refractivity contribution in [2.75, 3.05) is 63.1 Å². The van der Waals surface area contributed by atoms with Gasteiger partial charge in [-0.1, -0.05) is 25.7 Å². The Morgan fingerprint density at radius 2 is 1.68 bits per heavy atom. The second-order valence-electron chi connectivity index (χ2n) is 11.5. The molecule has 6 heteroatoms. The zero-order valence-electron chi connectivity index (χ0n) is 21.5. The molecule has 6 nitrogen and oxygen atoms in total. The zero-order valence-corrected chi connectivity index (χ0v) is 21.5. The van der Waals surface area contributed by atoms with Crippen molar-refractivity contribution in [3.63, 3.8) is 0 Å². The Morgan fingerprint density at radius 1 is 0.941 bits per heavy atom. The molecule has 2 N–H and O–H groups in total. The van der Waals surface area contributed by atoms with E-state index in [2.05, 4.69) is 32.1 Å². The van der Waals surface area contributed by atoms with Crippen LogP contribution in [0.4, 0.5) is 11.6 Å². The predicted octanol–water partition coefficient (Wildman–Crippen LogP) is 5.20. The molecule has 1 saturated carbocycles. The average molecular weight is 467 g/mol. The number of rotatable bonds is 5. The van der Waals surface area contributed by atoms with Crippen LogP contribution in [0, 0.1) is 16.7 Å². The van der Waals surface area contributed by atoms with Gasteiger partial charge in [-0.2, -0.15) is 0 Å². The third-order valence-electron chi connectivity index (χ3n) is 9.17. The van der Waals surface area contributed by atoms with Gasteiger partial charge in [0.05, 0.1) is 5.56 Å². The molecule has 1 spiro atoms. The Balaban J connectivity index is 1.20. The lowest BCUT2D eigenvalue weighted by atomic mass is 9.72. The van der Waals surface area contributed by atoms with E-state index in [0.717, 1.165) is 49.3 Å². The zero-order chi connectivity index (χ0) is 23.4. The van der Waals surface area contributed by atoms with Gasteiger partial charge in [-0.25, -0.2) is 4.98 Å². The molecule has 0 unspecified atom stereocenters. The minimum Gasteiger partial charge on any atom is -0.372 e. The average Bonchev–Trinajstić information content (AvgIpc) is 3.22. The number of aromatic nitrogens is 1. The summed E-state index contributed by atoms with van der Waals surface area (Å²) < 4.78 is 0. The molecule has 34 heavy (non-hydrogen) atoms. The van der Waals surface area contributed by atoms with Gasteiger partial charge in [-0.05, 0) is 81.4 Å². The van der Waals surface area contributed by atoms with Gasteiger partial charge in [0.2, 0.25) is 0 Å². The van der Waals surface area contributed by atoms with Gasteiger partial charge in [0, 0.05) is 46.3 Å². The number of hydrogen-bond donors (Lipinski definition) is 2. The van der Waals surface area contributed by atoms with Crippen LogP contribution in [0.3, 0.4) is 0 Å². The maximum atomic E-state index is 9.03. The Bertz CT molecular complexity index is 816. The topological polar surface area (TPSA) is 58.5 Å². The van der Waals surface area contributed by atoms with Crippen molar-refractivity contribution in [2.24, 2.45) is 11.3 Å². The SMILES string of the molecule is CNc1nc(N2CCCCCC2)ccc1C(=N)N1CCC2(CCCN(CC3CCCC3)C2)CC1. The van der Waals surface area contributed by atoms with Crippen LogP contribution in [-0.2, 0) is 0 Å². The van der Waals surface area contributed by atoms with E-state index in [1.807, 2.05) is 7.05 Å². The third-order valence-corrected chi connectivity index (χ3v) is 9.17. The lowest BCUT2D eigenvalue weighted by Crippen LogP contribution is -2.51. The molecular weight excluding hydrogens is 420 g/mol. The fourth-order valence-electron chi connectivity index (χ4n) is 7.11. The van der Waals surface area contributed by atoms with E-state index in [-0.39, 0.29) is 0 Å². The first kappa shape index (κ1) is 23.9. The van der Waals surface area contributed by atoms with Crippen LogP contribution < -0.4 is 10.2 Å². The molecule has 188 valence electrons. The van der Waals surface area contributed by atoms with Crippen molar-refractivity contribution in [1.82, 2.24) is 14.8 Å². The monoisotopic (exact) mass is 466 g/mol. The molecule has 3 saturated heterocycles. The van der Waals surface area contributed by atoms with Crippen molar-refractivity contribution in [3.8, 4) is 0 Å². The van der Waals surface area contributed by atoms with E-state index in [9.17, 15) is 0 Å². The molecular formula is C28H46N6. The third kappa shape index (κ3) is 5.37. The number of nitrogens with one attached hydrogen (secondary N) is 2. The summed E-state index contributed by atoms with van der Waals surface area (Å²) in [6.07, 6.45) is 16.1. The number of anilines is 2. The summed E-state index contributed by atoms with van der Waals surface area (Å²) >= 11 is 0. The van der Waals surface area contributed by atoms with Gasteiger partial charge in [0.1, 0.15) is 17.5 Å². The first-order valence-corrected chi connectivity index (χ1v) is 14.2. The van der Waals surface area contributed by atoms with Gasteiger partial charge in [0.25, 0.3) is 0 Å². The van der Waals surface area contributed by atoms with Gasteiger partial charge < -0.3 is 20.0 Å². The molecule has 0 radical (unpaired) electrons. The Labute approximate surface area is 207 Å². The summed E-state index contributed by atoms with van der Waals surface area (Å²) in [7, 11) is 1.94. The van der Waals surface area contributed by atoms with E-state index in [0.29, 0.717) is 11.3 Å². The number of pyridine rings is 1. The highest BCUT2D eigenvalue weighted by molar-refractivity contribution is 6.01. The van der Waals surface area contributed by atoms with Crippen LogP contribution in [0.25, 0.3) is 0 Å². The molecule has 5 rings (SSSR count). The van der Waals surface area contributed by atoms with Crippen LogP contribution in [-0.4, -0.2) is 73.5 Å². The van der Waals surface area contributed by atoms with Crippen LogP contribution in [0.15, 0.2) is 12.1 Å². The maximum Gasteiger partial charge on any atom is 0.139 e. The molecule has 1 aliphatic carbocycles. The second kappa shape index (κ2) is 10.8. The Morgan fingerprint density at radius 3 is 2.38 bits per heavy atom. The number of nitrogens with zero attached hydrogens (tertiary/aromatic N) is 4. The van der Waals surface area contributed by atoms with Crippen molar-refractivity contribution in [3.05, 3.63) is 17.7 Å². The molecule has 1 aromatic heterocycles. The summed E-state index contributed by atoms with van der Waals surface area (Å²) in [4.78, 5) is 12.5. The lowest BCUT2D eigenvalue weighted by Gasteiger charge is -2.48. The number of likely N-dealkylation sites (tertiary alicyclic amines) is 2. The standard InChI is InChI=1S/C28H46N6/c1-30-27-24(11-12-25(31-27)33-17-6-2-3-7-18-33)26(29)34-19-14-28(15-20-34)13-8-16-32(22-28)21-23-9-4-5-10-23/h11-12,23,29H,2-10,13-22H2,1H3,(H,30,31). The van der Waals surface area contributed by atoms with Crippen molar-refractivity contribution >= 4 is 17.5 Å². The molecule has 1 aromatic rings. The van der Waals surface area contributed by atoms with Gasteiger partial charge in [-0.3, -0.25) is 5.41 Å². The van der Waals surface area contributed by atoms with E-state index < -0.39 is 0 Å². The highest BCUT2D eigenvalue weighted by Crippen LogP contribution is 2.41. The maximum absolute atomic E-state index is 9.03. The summed E-state index contributed by atoms with van der Waals surface area (Å²) in [6, 6.07) is 4.28. The van der Waals surface area contributed by atoms with Crippen LogP contribution in [0.1, 0.15) is 82.6 Å². The quantitative estimate of drug-likeness (QED) is 0.462. The Kier molecular flexibility index (Phi) is 7.62. The summed E-state index contributed by atoms with van der Waals surface area (Å²) in [5.74, 6) is 3.51. The summed E-state index contributed by atoms with van der Waals surface area (Å²) in [5, 5.41) is 12.3. The van der Waals surface area contributed by atoms with Gasteiger partial charge in [0.15, 0.2) is 0 Å². The normalized spacial score (nSPS) is 24.4. The van der Waals surface area contributed by atoms with E-state index >= 15 is 0 Å². The molecule has 4 fully saturated rings. The predicted molar refractivity (Wildman–Crippen MR) is 142 cm³/mol. The lowest BCUT2D eigenvalue weighted by molar-refractivity contribution is 0.0334. The largest absolute Gasteiger partial charge is 0.372 e. The molecule has 4 heterocycles. The van der Waals surface area contributed by atoms with Crippen molar-refractivity contribution < 1.29 is 0 Å². The van der Waals surface area contributed by atoms with E-state index in [1.54, 1.807) is 0 Å². The number of amidine groups is 1. The smallest absolute Gasteiger partial charge is 0.139 e. The van der Waals surface area contributed by atoms with Crippen molar-refractivity contribution in [1.29, 1.82) is 5.41 Å². The molecule has 0 atom stereocenters. The molecule has 0 bridgehead atoms. The van der Waals surface area contributed by atoms with Gasteiger partial charge in [-0.15, -0.1) is 0 Å². The highest BCUT2D eigenvalue weighted by atomic mass is 15.2. The first-order chi connectivity index (χ1) is 16.7. The second-order valence-corrected chi connectivity index (χ2v) is 11.5. The molecule has 0 amide bonds. The van der Waals surface area contributed by atoms with Crippen LogP contribution >= 0.6 is 0 Å². The van der Waals surface area contributed by atoms with Crippen LogP contribution in [0.2, 0.25) is 0 Å². The first-order valence-electron chi connectivity index (χ1n) is 14.2. The van der Waals surface area contributed by atoms with Crippen molar-refractivity contribution in [2.45, 2.75) is 77.0 Å². The summed E-state index contributed by atoms with van der Waals surface area (Å²) in [6.45, 7) is 8.14. The number of piperidine rings is 2. The molecule has 0 aromatic carbocycles. The van der Waals surface area contributed by atoms with E-state index in [4.69, 9.17) is 10.4 Å². The van der Waals surface area contributed by atoms with Crippen LogP contribution in [0.5, 0.6) is 0 Å². The fourth-order valence-corrected chi connectivity index (χ4v) is 7.11. The molecule has 4 aliphatic rings. The van der Waals surface area contributed by atoms with E-state index in [1.165, 1.54) is 96.7 Å². The Hall–Kier alpha value is -1.82.